The number of nitrogens with one attached hydrogen (secondary N) is 1. The van der Waals surface area contributed by atoms with E-state index in [2.05, 4.69) is 10.5 Å². The van der Waals surface area contributed by atoms with Crippen molar-refractivity contribution in [1.82, 2.24) is 5.43 Å². The van der Waals surface area contributed by atoms with Gasteiger partial charge in [-0.25, -0.2) is 5.43 Å². The van der Waals surface area contributed by atoms with Crippen LogP contribution in [0.4, 0.5) is 0 Å². The number of benzene rings is 2. The van der Waals surface area contributed by atoms with E-state index in [4.69, 9.17) is 4.74 Å². The summed E-state index contributed by atoms with van der Waals surface area (Å²) in [5.74, 6) is -0.0428. The van der Waals surface area contributed by atoms with E-state index < -0.39 is 5.91 Å². The zero-order valence-corrected chi connectivity index (χ0v) is 13.7. The van der Waals surface area contributed by atoms with E-state index in [1.54, 1.807) is 24.3 Å². The molecule has 0 aliphatic carbocycles. The van der Waals surface area contributed by atoms with Crippen molar-refractivity contribution in [1.29, 1.82) is 0 Å². The standard InChI is InChI=1S/C15H13IN2O4/c1-22-13-6-9(5-12(16)14(13)20)8-17-18-15(21)10-3-2-4-11(19)7-10/h2-8,19-20H,1H3,(H,18,21)/b17-8+. The molecule has 0 aromatic heterocycles. The summed E-state index contributed by atoms with van der Waals surface area (Å²) in [5, 5.41) is 22.9. The lowest BCUT2D eigenvalue weighted by Gasteiger charge is -2.06. The van der Waals surface area contributed by atoms with Crippen molar-refractivity contribution >= 4 is 34.7 Å². The van der Waals surface area contributed by atoms with Crippen LogP contribution in [0.25, 0.3) is 0 Å². The molecule has 2 aromatic rings. The Bertz CT molecular complexity index is 731. The highest BCUT2D eigenvalue weighted by molar-refractivity contribution is 14.1. The number of carbonyl (C=O) groups is 1. The molecule has 2 aromatic carbocycles. The van der Waals surface area contributed by atoms with Crippen molar-refractivity contribution in [3.63, 3.8) is 0 Å². The first kappa shape index (κ1) is 16.1. The van der Waals surface area contributed by atoms with Crippen LogP contribution in [-0.4, -0.2) is 29.4 Å². The average molecular weight is 412 g/mol. The van der Waals surface area contributed by atoms with Crippen LogP contribution in [0.15, 0.2) is 41.5 Å². The number of halogens is 1. The van der Waals surface area contributed by atoms with Crippen molar-refractivity contribution in [2.45, 2.75) is 0 Å². The molecule has 3 N–H and O–H groups in total. The molecule has 6 nitrogen and oxygen atoms in total. The largest absolute Gasteiger partial charge is 0.508 e. The van der Waals surface area contributed by atoms with Gasteiger partial charge >= 0.3 is 0 Å². The van der Waals surface area contributed by atoms with Crippen LogP contribution >= 0.6 is 22.6 Å². The molecule has 0 saturated carbocycles. The predicted molar refractivity (Wildman–Crippen MR) is 90.5 cm³/mol. The topological polar surface area (TPSA) is 91.2 Å². The maximum absolute atomic E-state index is 11.8. The summed E-state index contributed by atoms with van der Waals surface area (Å²) in [7, 11) is 1.45. The molecule has 0 aliphatic rings. The molecular formula is C15H13IN2O4. The van der Waals surface area contributed by atoms with E-state index in [1.807, 2.05) is 22.6 Å². The highest BCUT2D eigenvalue weighted by Gasteiger charge is 2.08. The summed E-state index contributed by atoms with van der Waals surface area (Å²) in [6, 6.07) is 9.25. The fourth-order valence-electron chi connectivity index (χ4n) is 1.70. The normalized spacial score (nSPS) is 10.6. The zero-order valence-electron chi connectivity index (χ0n) is 11.6. The number of hydrogen-bond donors (Lipinski definition) is 3. The van der Waals surface area contributed by atoms with Crippen molar-refractivity contribution in [3.05, 3.63) is 51.1 Å². The number of methoxy groups -OCH3 is 1. The van der Waals surface area contributed by atoms with Gasteiger partial charge in [0.25, 0.3) is 5.91 Å². The van der Waals surface area contributed by atoms with Crippen LogP contribution in [0, 0.1) is 3.57 Å². The third kappa shape index (κ3) is 3.88. The smallest absolute Gasteiger partial charge is 0.271 e. The number of rotatable bonds is 4. The molecule has 0 fully saturated rings. The van der Waals surface area contributed by atoms with Gasteiger partial charge in [0.2, 0.25) is 0 Å². The number of phenolic OH excluding ortho intramolecular Hbond substituents is 2. The molecule has 1 amide bonds. The molecule has 7 heteroatoms. The van der Waals surface area contributed by atoms with Gasteiger partial charge in [-0.3, -0.25) is 4.79 Å². The number of nitrogens with zero attached hydrogens (tertiary/aromatic N) is 1. The van der Waals surface area contributed by atoms with Crippen molar-refractivity contribution in [2.75, 3.05) is 7.11 Å². The van der Waals surface area contributed by atoms with E-state index in [-0.39, 0.29) is 11.5 Å². The molecule has 0 atom stereocenters. The monoisotopic (exact) mass is 412 g/mol. The van der Waals surface area contributed by atoms with Crippen molar-refractivity contribution in [2.24, 2.45) is 5.10 Å². The molecule has 2 rings (SSSR count). The Hall–Kier alpha value is -2.29. The summed E-state index contributed by atoms with van der Waals surface area (Å²) in [5.41, 5.74) is 3.32. The maximum atomic E-state index is 11.8. The second-order valence-corrected chi connectivity index (χ2v) is 5.47. The molecule has 0 aliphatic heterocycles. The fourth-order valence-corrected chi connectivity index (χ4v) is 2.33. The molecular weight excluding hydrogens is 399 g/mol. The van der Waals surface area contributed by atoms with Crippen LogP contribution in [0.3, 0.4) is 0 Å². The lowest BCUT2D eigenvalue weighted by atomic mass is 10.2. The first-order chi connectivity index (χ1) is 10.5. The minimum absolute atomic E-state index is 0.00875. The van der Waals surface area contributed by atoms with E-state index in [1.165, 1.54) is 25.5 Å². The Morgan fingerprint density at radius 2 is 2.09 bits per heavy atom. The van der Waals surface area contributed by atoms with Gasteiger partial charge in [-0.1, -0.05) is 6.07 Å². The number of aromatic hydroxyl groups is 2. The Balaban J connectivity index is 2.10. The summed E-state index contributed by atoms with van der Waals surface area (Å²) in [6.45, 7) is 0. The number of ether oxygens (including phenoxy) is 1. The summed E-state index contributed by atoms with van der Waals surface area (Å²) < 4.78 is 5.65. The first-order valence-corrected chi connectivity index (χ1v) is 7.28. The van der Waals surface area contributed by atoms with Crippen molar-refractivity contribution in [3.8, 4) is 17.2 Å². The molecule has 114 valence electrons. The van der Waals surface area contributed by atoms with Gasteiger partial charge in [0, 0.05) is 5.56 Å². The van der Waals surface area contributed by atoms with Gasteiger partial charge < -0.3 is 14.9 Å². The lowest BCUT2D eigenvalue weighted by Crippen LogP contribution is -2.17. The van der Waals surface area contributed by atoms with Crippen LogP contribution in [0.2, 0.25) is 0 Å². The lowest BCUT2D eigenvalue weighted by molar-refractivity contribution is 0.0954. The van der Waals surface area contributed by atoms with E-state index in [9.17, 15) is 15.0 Å². The third-order valence-corrected chi connectivity index (χ3v) is 3.58. The number of hydrogen-bond acceptors (Lipinski definition) is 5. The molecule has 0 unspecified atom stereocenters. The van der Waals surface area contributed by atoms with Crippen LogP contribution in [0.1, 0.15) is 15.9 Å². The number of hydrazone groups is 1. The van der Waals surface area contributed by atoms with Crippen LogP contribution in [-0.2, 0) is 0 Å². The van der Waals surface area contributed by atoms with Crippen LogP contribution < -0.4 is 10.2 Å². The molecule has 22 heavy (non-hydrogen) atoms. The Morgan fingerprint density at radius 3 is 2.77 bits per heavy atom. The van der Waals surface area contributed by atoms with Gasteiger partial charge in [0.1, 0.15) is 5.75 Å². The molecule has 0 spiro atoms. The first-order valence-electron chi connectivity index (χ1n) is 6.20. The van der Waals surface area contributed by atoms with E-state index in [0.717, 1.165) is 0 Å². The Labute approximate surface area is 140 Å². The molecule has 0 radical (unpaired) electrons. The fraction of sp³-hybridized carbons (Fsp3) is 0.0667. The maximum Gasteiger partial charge on any atom is 0.271 e. The van der Waals surface area contributed by atoms with Crippen LogP contribution in [0.5, 0.6) is 17.2 Å². The van der Waals surface area contributed by atoms with Crippen molar-refractivity contribution < 1.29 is 19.7 Å². The minimum atomic E-state index is -0.437. The summed E-state index contributed by atoms with van der Waals surface area (Å²) in [6.07, 6.45) is 1.44. The summed E-state index contributed by atoms with van der Waals surface area (Å²) >= 11 is 1.97. The molecule has 0 bridgehead atoms. The van der Waals surface area contributed by atoms with Gasteiger partial charge in [-0.15, -0.1) is 0 Å². The summed E-state index contributed by atoms with van der Waals surface area (Å²) in [4.78, 5) is 11.8. The SMILES string of the molecule is COc1cc(/C=N/NC(=O)c2cccc(O)c2)cc(I)c1O. The number of phenols is 2. The highest BCUT2D eigenvalue weighted by atomic mass is 127. The van der Waals surface area contributed by atoms with Gasteiger partial charge in [-0.05, 0) is 58.5 Å². The van der Waals surface area contributed by atoms with E-state index in [0.29, 0.717) is 20.4 Å². The highest BCUT2D eigenvalue weighted by Crippen LogP contribution is 2.31. The second kappa shape index (κ2) is 7.12. The number of amides is 1. The zero-order chi connectivity index (χ0) is 16.1. The van der Waals surface area contributed by atoms with Gasteiger partial charge in [0.15, 0.2) is 11.5 Å². The van der Waals surface area contributed by atoms with E-state index >= 15 is 0 Å². The number of carbonyl (C=O) groups excluding carboxylic acids is 1. The average Bonchev–Trinajstić information content (AvgIpc) is 2.50. The second-order valence-electron chi connectivity index (χ2n) is 4.30. The van der Waals surface area contributed by atoms with Gasteiger partial charge in [-0.2, -0.15) is 5.10 Å². The quantitative estimate of drug-likeness (QED) is 0.409. The molecule has 0 heterocycles. The Kier molecular flexibility index (Phi) is 5.21. The minimum Gasteiger partial charge on any atom is -0.508 e. The molecule has 0 saturated heterocycles. The Morgan fingerprint density at radius 1 is 1.32 bits per heavy atom. The predicted octanol–water partition coefficient (Wildman–Crippen LogP) is 2.47. The van der Waals surface area contributed by atoms with Gasteiger partial charge in [0.05, 0.1) is 16.9 Å². The third-order valence-electron chi connectivity index (χ3n) is 2.76.